The molecule has 0 saturated carbocycles. The molecule has 2 amide bonds. The highest BCUT2D eigenvalue weighted by Gasteiger charge is 2.19. The van der Waals surface area contributed by atoms with Gasteiger partial charge in [-0.3, -0.25) is 0 Å². The molecule has 1 aromatic carbocycles. The molecule has 0 bridgehead atoms. The summed E-state index contributed by atoms with van der Waals surface area (Å²) in [4.78, 5) is 14.6. The average Bonchev–Trinajstić information content (AvgIpc) is 2.73. The number of carbonyl (C=O) groups is 1. The van der Waals surface area contributed by atoms with Crippen LogP contribution in [0.2, 0.25) is 0 Å². The van der Waals surface area contributed by atoms with Gasteiger partial charge in [-0.25, -0.2) is 4.79 Å². The van der Waals surface area contributed by atoms with E-state index in [2.05, 4.69) is 51.2 Å². The largest absolute Gasteiger partial charge is 0.338 e. The number of likely N-dealkylation sites (tertiary alicyclic amines) is 1. The van der Waals surface area contributed by atoms with E-state index >= 15 is 0 Å². The van der Waals surface area contributed by atoms with Crippen LogP contribution in [0.5, 0.6) is 0 Å². The van der Waals surface area contributed by atoms with Gasteiger partial charge in [0.25, 0.3) is 0 Å². The molecule has 0 spiro atoms. The molecule has 27 heavy (non-hydrogen) atoms. The Hall–Kier alpha value is -1.59. The molecular formula is C22H36N4O. The van der Waals surface area contributed by atoms with E-state index in [9.17, 15) is 4.79 Å². The maximum absolute atomic E-state index is 12.0. The van der Waals surface area contributed by atoms with Crippen molar-refractivity contribution in [3.63, 3.8) is 0 Å². The van der Waals surface area contributed by atoms with E-state index in [1.165, 1.54) is 37.7 Å². The number of nitrogens with zero attached hydrogens (tertiary/aromatic N) is 1. The predicted octanol–water partition coefficient (Wildman–Crippen LogP) is 2.77. The summed E-state index contributed by atoms with van der Waals surface area (Å²) in [5.74, 6) is 0.615. The number of piperidine rings is 2. The Morgan fingerprint density at radius 3 is 2.63 bits per heavy atom. The molecule has 2 aliphatic rings. The van der Waals surface area contributed by atoms with Crippen molar-refractivity contribution in [1.82, 2.24) is 20.9 Å². The Morgan fingerprint density at radius 2 is 1.89 bits per heavy atom. The monoisotopic (exact) mass is 372 g/mol. The third kappa shape index (κ3) is 7.51. The fraction of sp³-hybridized carbons (Fsp3) is 0.682. The van der Waals surface area contributed by atoms with Gasteiger partial charge in [-0.2, -0.15) is 0 Å². The van der Waals surface area contributed by atoms with Gasteiger partial charge in [0.1, 0.15) is 0 Å². The predicted molar refractivity (Wildman–Crippen MR) is 111 cm³/mol. The first kappa shape index (κ1) is 20.2. The first-order valence-electron chi connectivity index (χ1n) is 10.8. The van der Waals surface area contributed by atoms with Gasteiger partial charge in [0, 0.05) is 25.7 Å². The molecule has 2 saturated heterocycles. The Kier molecular flexibility index (Phi) is 8.43. The number of nitrogens with one attached hydrogen (secondary N) is 3. The highest BCUT2D eigenvalue weighted by atomic mass is 16.2. The summed E-state index contributed by atoms with van der Waals surface area (Å²) in [5, 5.41) is 9.62. The Morgan fingerprint density at radius 1 is 1.07 bits per heavy atom. The second kappa shape index (κ2) is 11.3. The molecular weight excluding hydrogens is 336 g/mol. The van der Waals surface area contributed by atoms with Crippen LogP contribution in [0.3, 0.4) is 0 Å². The third-order valence-electron chi connectivity index (χ3n) is 6.01. The summed E-state index contributed by atoms with van der Waals surface area (Å²) in [6, 6.07) is 11.3. The number of urea groups is 1. The molecule has 2 heterocycles. The fourth-order valence-corrected chi connectivity index (χ4v) is 4.18. The van der Waals surface area contributed by atoms with Crippen molar-refractivity contribution in [1.29, 1.82) is 0 Å². The number of amides is 2. The average molecular weight is 373 g/mol. The lowest BCUT2D eigenvalue weighted by molar-refractivity contribution is 0.183. The SMILES string of the molecule is O=C(NCC[C@@H]1CCCCN1)NCC1CCN(CCc2ccccc2)CC1. The van der Waals surface area contributed by atoms with Gasteiger partial charge in [-0.1, -0.05) is 36.8 Å². The molecule has 5 nitrogen and oxygen atoms in total. The normalized spacial score (nSPS) is 21.7. The van der Waals surface area contributed by atoms with Crippen LogP contribution in [0.25, 0.3) is 0 Å². The Bertz CT molecular complexity index is 537. The van der Waals surface area contributed by atoms with E-state index in [0.29, 0.717) is 12.0 Å². The minimum absolute atomic E-state index is 0.00248. The highest BCUT2D eigenvalue weighted by Crippen LogP contribution is 2.17. The van der Waals surface area contributed by atoms with Crippen molar-refractivity contribution in [2.45, 2.75) is 51.0 Å². The molecule has 2 aliphatic heterocycles. The van der Waals surface area contributed by atoms with Crippen molar-refractivity contribution in [2.24, 2.45) is 5.92 Å². The van der Waals surface area contributed by atoms with Crippen molar-refractivity contribution in [3.05, 3.63) is 35.9 Å². The van der Waals surface area contributed by atoms with Crippen LogP contribution in [0, 0.1) is 5.92 Å². The van der Waals surface area contributed by atoms with Gasteiger partial charge in [0.2, 0.25) is 0 Å². The second-order valence-corrected chi connectivity index (χ2v) is 8.09. The van der Waals surface area contributed by atoms with Gasteiger partial charge in [-0.05, 0) is 69.6 Å². The zero-order valence-electron chi connectivity index (χ0n) is 16.6. The van der Waals surface area contributed by atoms with Gasteiger partial charge in [-0.15, -0.1) is 0 Å². The molecule has 150 valence electrons. The van der Waals surface area contributed by atoms with Crippen LogP contribution < -0.4 is 16.0 Å². The molecule has 3 rings (SSSR count). The summed E-state index contributed by atoms with van der Waals surface area (Å²) < 4.78 is 0. The summed E-state index contributed by atoms with van der Waals surface area (Å²) in [5.41, 5.74) is 1.42. The number of rotatable bonds is 8. The van der Waals surface area contributed by atoms with Crippen LogP contribution in [-0.2, 0) is 6.42 Å². The lowest BCUT2D eigenvalue weighted by atomic mass is 9.96. The molecule has 5 heteroatoms. The Labute approximate surface area is 164 Å². The van der Waals surface area contributed by atoms with E-state index in [4.69, 9.17) is 0 Å². The van der Waals surface area contributed by atoms with Crippen molar-refractivity contribution in [3.8, 4) is 0 Å². The van der Waals surface area contributed by atoms with Crippen LogP contribution >= 0.6 is 0 Å². The number of carbonyl (C=O) groups excluding carboxylic acids is 1. The van der Waals surface area contributed by atoms with Crippen molar-refractivity contribution < 1.29 is 4.79 Å². The van der Waals surface area contributed by atoms with Crippen LogP contribution in [-0.4, -0.2) is 56.2 Å². The lowest BCUT2D eigenvalue weighted by Crippen LogP contribution is -2.43. The number of hydrogen-bond donors (Lipinski definition) is 3. The van der Waals surface area contributed by atoms with Crippen LogP contribution in [0.4, 0.5) is 4.79 Å². The topological polar surface area (TPSA) is 56.4 Å². The molecule has 3 N–H and O–H groups in total. The van der Waals surface area contributed by atoms with E-state index in [1.807, 2.05) is 0 Å². The van der Waals surface area contributed by atoms with Gasteiger partial charge in [0.15, 0.2) is 0 Å². The van der Waals surface area contributed by atoms with Crippen molar-refractivity contribution in [2.75, 3.05) is 39.3 Å². The zero-order valence-corrected chi connectivity index (χ0v) is 16.6. The summed E-state index contributed by atoms with van der Waals surface area (Å²) in [6.45, 7) is 6.13. The summed E-state index contributed by atoms with van der Waals surface area (Å²) in [7, 11) is 0. The minimum Gasteiger partial charge on any atom is -0.338 e. The lowest BCUT2D eigenvalue weighted by Gasteiger charge is -2.32. The maximum Gasteiger partial charge on any atom is 0.314 e. The van der Waals surface area contributed by atoms with Gasteiger partial charge in [0.05, 0.1) is 0 Å². The number of hydrogen-bond acceptors (Lipinski definition) is 3. The van der Waals surface area contributed by atoms with Gasteiger partial charge >= 0.3 is 6.03 Å². The smallest absolute Gasteiger partial charge is 0.314 e. The zero-order chi connectivity index (χ0) is 18.7. The van der Waals surface area contributed by atoms with Gasteiger partial charge < -0.3 is 20.9 Å². The standard InChI is InChI=1S/C22H36N4O/c27-22(24-14-9-21-8-4-5-13-23-21)25-18-20-11-16-26(17-12-20)15-10-19-6-2-1-3-7-19/h1-3,6-7,20-21,23H,4-5,8-18H2,(H2,24,25,27)/t21-/m0/s1. The maximum atomic E-state index is 12.0. The van der Waals surface area contributed by atoms with Crippen LogP contribution in [0.15, 0.2) is 30.3 Å². The molecule has 0 radical (unpaired) electrons. The molecule has 0 aromatic heterocycles. The molecule has 0 aliphatic carbocycles. The molecule has 2 fully saturated rings. The Balaban J connectivity index is 1.22. The molecule has 1 aromatic rings. The van der Waals surface area contributed by atoms with E-state index < -0.39 is 0 Å². The quantitative estimate of drug-likeness (QED) is 0.658. The second-order valence-electron chi connectivity index (χ2n) is 8.09. The third-order valence-corrected chi connectivity index (χ3v) is 6.01. The summed E-state index contributed by atoms with van der Waals surface area (Å²) >= 11 is 0. The first-order chi connectivity index (χ1) is 13.3. The van der Waals surface area contributed by atoms with Crippen LogP contribution in [0.1, 0.15) is 44.1 Å². The van der Waals surface area contributed by atoms with Crippen molar-refractivity contribution >= 4 is 6.03 Å². The fourth-order valence-electron chi connectivity index (χ4n) is 4.18. The van der Waals surface area contributed by atoms with E-state index in [0.717, 1.165) is 52.1 Å². The highest BCUT2D eigenvalue weighted by molar-refractivity contribution is 5.73. The summed E-state index contributed by atoms with van der Waals surface area (Å²) in [6.07, 6.45) is 8.37. The van der Waals surface area contributed by atoms with E-state index in [1.54, 1.807) is 0 Å². The van der Waals surface area contributed by atoms with E-state index in [-0.39, 0.29) is 6.03 Å². The minimum atomic E-state index is -0.00248. The first-order valence-corrected chi connectivity index (χ1v) is 10.8. The molecule has 1 atom stereocenters. The number of benzene rings is 1. The molecule has 0 unspecified atom stereocenters.